The van der Waals surface area contributed by atoms with Crippen LogP contribution < -0.4 is 0 Å². The fourth-order valence-electron chi connectivity index (χ4n) is 1.11. The smallest absolute Gasteiger partial charge is 0.361 e. The van der Waals surface area contributed by atoms with Crippen molar-refractivity contribution in [2.45, 2.75) is 5.50 Å². The van der Waals surface area contributed by atoms with Gasteiger partial charge in [0.05, 0.1) is 0 Å². The lowest BCUT2D eigenvalue weighted by atomic mass is 10.3. The molecule has 1 atom stereocenters. The van der Waals surface area contributed by atoms with Gasteiger partial charge in [0.15, 0.2) is 5.58 Å². The van der Waals surface area contributed by atoms with Gasteiger partial charge in [0.25, 0.3) is 5.89 Å². The van der Waals surface area contributed by atoms with E-state index in [1.165, 1.54) is 0 Å². The molecule has 0 radical (unpaired) electrons. The highest BCUT2D eigenvalue weighted by atomic mass is 35.5. The fourth-order valence-corrected chi connectivity index (χ4v) is 1.37. The van der Waals surface area contributed by atoms with E-state index in [1.54, 1.807) is 18.2 Å². The van der Waals surface area contributed by atoms with Crippen molar-refractivity contribution in [2.24, 2.45) is 0 Å². The maximum atomic E-state index is 10.4. The van der Waals surface area contributed by atoms with Gasteiger partial charge in [-0.05, 0) is 29.8 Å². The summed E-state index contributed by atoms with van der Waals surface area (Å²) >= 11 is 11.2. The number of nitrogens with zero attached hydrogens (tertiary/aromatic N) is 2. The molecule has 7 heteroatoms. The molecule has 0 saturated carbocycles. The van der Waals surface area contributed by atoms with Crippen LogP contribution >= 0.6 is 23.2 Å². The molecule has 0 N–H and O–H groups in total. The Labute approximate surface area is 93.8 Å². The van der Waals surface area contributed by atoms with Gasteiger partial charge >= 0.3 is 5.50 Å². The van der Waals surface area contributed by atoms with Gasteiger partial charge in [-0.25, -0.2) is 4.98 Å². The number of hydrogen-bond acceptors (Lipinski definition) is 4. The van der Waals surface area contributed by atoms with E-state index in [1.807, 2.05) is 0 Å². The molecule has 15 heavy (non-hydrogen) atoms. The second-order valence-electron chi connectivity index (χ2n) is 2.79. The van der Waals surface area contributed by atoms with Crippen LogP contribution in [0.1, 0.15) is 11.4 Å². The summed E-state index contributed by atoms with van der Waals surface area (Å²) in [5.41, 5.74) is -0.608. The summed E-state index contributed by atoms with van der Waals surface area (Å²) in [6.45, 7) is 0. The van der Waals surface area contributed by atoms with E-state index in [2.05, 4.69) is 4.98 Å². The molecule has 0 saturated heterocycles. The van der Waals surface area contributed by atoms with Gasteiger partial charge in [0, 0.05) is 9.95 Å². The zero-order valence-corrected chi connectivity index (χ0v) is 8.70. The van der Waals surface area contributed by atoms with Crippen molar-refractivity contribution < 1.29 is 9.34 Å². The third kappa shape index (κ3) is 1.88. The highest BCUT2D eigenvalue weighted by molar-refractivity contribution is 6.31. The molecule has 0 aliphatic carbocycles. The first-order chi connectivity index (χ1) is 7.08. The molecule has 1 aromatic carbocycles. The summed E-state index contributed by atoms with van der Waals surface area (Å²) in [4.78, 5) is 13.6. The lowest BCUT2D eigenvalue weighted by molar-refractivity contribution is -0.507. The standard InChI is InChI=1S/C8H4Cl2N2O3/c9-4-1-2-6-5(3-4)11-8(15-6)7(10)12(13)14/h1-3,7H. The SMILES string of the molecule is O=[N+]([O-])C(Cl)c1nc2cc(Cl)ccc2o1. The zero-order chi connectivity index (χ0) is 11.0. The second kappa shape index (κ2) is 3.67. The van der Waals surface area contributed by atoms with Gasteiger partial charge in [-0.2, -0.15) is 0 Å². The molecular weight excluding hydrogens is 243 g/mol. The summed E-state index contributed by atoms with van der Waals surface area (Å²) in [6, 6.07) is 4.74. The molecule has 0 spiro atoms. The minimum Gasteiger partial charge on any atom is -0.433 e. The number of hydrogen-bond donors (Lipinski definition) is 0. The molecule has 5 nitrogen and oxygen atoms in total. The zero-order valence-electron chi connectivity index (χ0n) is 7.18. The molecule has 0 amide bonds. The Hall–Kier alpha value is -1.33. The van der Waals surface area contributed by atoms with E-state index in [9.17, 15) is 10.1 Å². The van der Waals surface area contributed by atoms with Crippen LogP contribution in [0, 0.1) is 10.1 Å². The second-order valence-corrected chi connectivity index (χ2v) is 3.64. The van der Waals surface area contributed by atoms with E-state index in [4.69, 9.17) is 27.6 Å². The van der Waals surface area contributed by atoms with Crippen LogP contribution in [-0.2, 0) is 0 Å². The van der Waals surface area contributed by atoms with Crippen LogP contribution in [0.25, 0.3) is 11.1 Å². The average molecular weight is 247 g/mol. The molecule has 1 aromatic heterocycles. The van der Waals surface area contributed by atoms with E-state index in [0.717, 1.165) is 0 Å². The van der Waals surface area contributed by atoms with Crippen LogP contribution in [-0.4, -0.2) is 9.91 Å². The number of halogens is 2. The summed E-state index contributed by atoms with van der Waals surface area (Å²) in [5, 5.41) is 10.9. The highest BCUT2D eigenvalue weighted by Gasteiger charge is 2.25. The van der Waals surface area contributed by atoms with Gasteiger partial charge in [-0.15, -0.1) is 0 Å². The Morgan fingerprint density at radius 1 is 1.53 bits per heavy atom. The van der Waals surface area contributed by atoms with Gasteiger partial charge in [-0.1, -0.05) is 11.6 Å². The molecule has 1 heterocycles. The predicted octanol–water partition coefficient (Wildman–Crippen LogP) is 3.00. The largest absolute Gasteiger partial charge is 0.433 e. The summed E-state index contributed by atoms with van der Waals surface area (Å²) < 4.78 is 5.10. The van der Waals surface area contributed by atoms with Gasteiger partial charge in [0.2, 0.25) is 0 Å². The van der Waals surface area contributed by atoms with Gasteiger partial charge < -0.3 is 4.42 Å². The Kier molecular flexibility index (Phi) is 2.50. The van der Waals surface area contributed by atoms with Gasteiger partial charge in [0.1, 0.15) is 5.52 Å². The van der Waals surface area contributed by atoms with Crippen molar-refractivity contribution in [3.8, 4) is 0 Å². The Bertz CT molecular complexity index is 526. The summed E-state index contributed by atoms with van der Waals surface area (Å²) in [5.74, 6) is -0.140. The van der Waals surface area contributed by atoms with Crippen molar-refractivity contribution in [3.63, 3.8) is 0 Å². The highest BCUT2D eigenvalue weighted by Crippen LogP contribution is 2.26. The third-order valence-electron chi connectivity index (χ3n) is 1.76. The lowest BCUT2D eigenvalue weighted by Crippen LogP contribution is -2.03. The lowest BCUT2D eigenvalue weighted by Gasteiger charge is -1.93. The minimum absolute atomic E-state index is 0.140. The molecule has 0 bridgehead atoms. The van der Waals surface area contributed by atoms with Crippen LogP contribution in [0.2, 0.25) is 5.02 Å². The number of oxazole rings is 1. The van der Waals surface area contributed by atoms with Crippen molar-refractivity contribution in [3.05, 3.63) is 39.2 Å². The quantitative estimate of drug-likeness (QED) is 0.354. The first-order valence-electron chi connectivity index (χ1n) is 3.91. The number of fused-ring (bicyclic) bond motifs is 1. The molecule has 0 aliphatic rings. The predicted molar refractivity (Wildman–Crippen MR) is 54.6 cm³/mol. The van der Waals surface area contributed by atoms with Crippen molar-refractivity contribution in [1.82, 2.24) is 4.98 Å². The number of aromatic nitrogens is 1. The third-order valence-corrected chi connectivity index (χ3v) is 2.34. The maximum absolute atomic E-state index is 10.4. The van der Waals surface area contributed by atoms with Crippen molar-refractivity contribution in [2.75, 3.05) is 0 Å². The monoisotopic (exact) mass is 246 g/mol. The van der Waals surface area contributed by atoms with E-state index in [-0.39, 0.29) is 5.89 Å². The van der Waals surface area contributed by atoms with E-state index < -0.39 is 10.4 Å². The van der Waals surface area contributed by atoms with Crippen LogP contribution in [0.15, 0.2) is 22.6 Å². The topological polar surface area (TPSA) is 69.2 Å². The maximum Gasteiger partial charge on any atom is 0.361 e. The fraction of sp³-hybridized carbons (Fsp3) is 0.125. The Balaban J connectivity index is 2.51. The van der Waals surface area contributed by atoms with Crippen molar-refractivity contribution in [1.29, 1.82) is 0 Å². The first kappa shape index (κ1) is 10.2. The molecule has 2 aromatic rings. The first-order valence-corrected chi connectivity index (χ1v) is 4.73. The molecule has 2 rings (SSSR count). The molecule has 78 valence electrons. The minimum atomic E-state index is -1.48. The van der Waals surface area contributed by atoms with Crippen LogP contribution in [0.3, 0.4) is 0 Å². The molecule has 0 aliphatic heterocycles. The van der Waals surface area contributed by atoms with E-state index >= 15 is 0 Å². The molecular formula is C8H4Cl2N2O3. The Morgan fingerprint density at radius 2 is 2.27 bits per heavy atom. The Morgan fingerprint density at radius 3 is 2.93 bits per heavy atom. The van der Waals surface area contributed by atoms with E-state index in [0.29, 0.717) is 16.1 Å². The molecule has 0 fully saturated rings. The molecule has 1 unspecified atom stereocenters. The number of benzene rings is 1. The van der Waals surface area contributed by atoms with Crippen LogP contribution in [0.5, 0.6) is 0 Å². The number of nitro groups is 1. The van der Waals surface area contributed by atoms with Crippen molar-refractivity contribution >= 4 is 34.3 Å². The number of rotatable bonds is 2. The van der Waals surface area contributed by atoms with Crippen LogP contribution in [0.4, 0.5) is 0 Å². The number of alkyl halides is 1. The normalized spacial score (nSPS) is 12.9. The summed E-state index contributed by atoms with van der Waals surface area (Å²) in [6.07, 6.45) is 0. The van der Waals surface area contributed by atoms with Gasteiger partial charge in [-0.3, -0.25) is 10.1 Å². The average Bonchev–Trinajstić information content (AvgIpc) is 2.58. The summed E-state index contributed by atoms with van der Waals surface area (Å²) in [7, 11) is 0.